The van der Waals surface area contributed by atoms with E-state index in [2.05, 4.69) is 5.32 Å². The molecule has 2 fully saturated rings. The first-order valence-corrected chi connectivity index (χ1v) is 6.73. The van der Waals surface area contributed by atoms with Crippen LogP contribution in [-0.4, -0.2) is 46.6 Å². The van der Waals surface area contributed by atoms with Gasteiger partial charge in [0.1, 0.15) is 0 Å². The quantitative estimate of drug-likeness (QED) is 0.766. The summed E-state index contributed by atoms with van der Waals surface area (Å²) in [6, 6.07) is 0.0200. The second kappa shape index (κ2) is 4.88. The Balaban J connectivity index is 2.02. The van der Waals surface area contributed by atoms with E-state index in [4.69, 9.17) is 5.11 Å². The van der Waals surface area contributed by atoms with Crippen molar-refractivity contribution in [2.45, 2.75) is 51.1 Å². The molecule has 5 heteroatoms. The van der Waals surface area contributed by atoms with Crippen LogP contribution < -0.4 is 5.32 Å². The third-order valence-electron chi connectivity index (χ3n) is 4.33. The van der Waals surface area contributed by atoms with Gasteiger partial charge >= 0.3 is 5.97 Å². The van der Waals surface area contributed by atoms with Crippen molar-refractivity contribution in [2.75, 3.05) is 13.1 Å². The molecule has 3 atom stereocenters. The molecular weight excluding hydrogens is 232 g/mol. The number of amides is 1. The van der Waals surface area contributed by atoms with Crippen molar-refractivity contribution in [1.29, 1.82) is 0 Å². The molecule has 2 aliphatic heterocycles. The number of hydrogen-bond acceptors (Lipinski definition) is 3. The third-order valence-corrected chi connectivity index (χ3v) is 4.33. The minimum Gasteiger partial charge on any atom is -0.481 e. The number of piperidine rings is 1. The Morgan fingerprint density at radius 3 is 2.67 bits per heavy atom. The van der Waals surface area contributed by atoms with Gasteiger partial charge in [0.2, 0.25) is 5.91 Å². The number of carbonyl (C=O) groups excluding carboxylic acids is 1. The second-order valence-electron chi connectivity index (χ2n) is 5.77. The Hall–Kier alpha value is -1.10. The minimum absolute atomic E-state index is 0.0200. The van der Waals surface area contributed by atoms with Crippen molar-refractivity contribution < 1.29 is 14.7 Å². The summed E-state index contributed by atoms with van der Waals surface area (Å²) in [4.78, 5) is 25.4. The fourth-order valence-electron chi connectivity index (χ4n) is 3.09. The summed E-state index contributed by atoms with van der Waals surface area (Å²) in [6.45, 7) is 5.36. The molecule has 0 saturated carbocycles. The Morgan fingerprint density at radius 1 is 1.44 bits per heavy atom. The van der Waals surface area contributed by atoms with E-state index < -0.39 is 11.5 Å². The molecule has 0 spiro atoms. The number of nitrogens with one attached hydrogen (secondary N) is 1. The number of carboxylic acid groups (broad SMARTS) is 1. The van der Waals surface area contributed by atoms with Crippen molar-refractivity contribution >= 4 is 11.9 Å². The summed E-state index contributed by atoms with van der Waals surface area (Å²) in [5, 5.41) is 12.3. The lowest BCUT2D eigenvalue weighted by Gasteiger charge is -2.40. The molecule has 18 heavy (non-hydrogen) atoms. The average Bonchev–Trinajstić information content (AvgIpc) is 2.76. The zero-order chi connectivity index (χ0) is 13.3. The van der Waals surface area contributed by atoms with E-state index in [9.17, 15) is 9.59 Å². The van der Waals surface area contributed by atoms with Crippen LogP contribution in [-0.2, 0) is 9.59 Å². The molecule has 3 unspecified atom stereocenters. The van der Waals surface area contributed by atoms with Gasteiger partial charge in [0.15, 0.2) is 0 Å². The molecule has 2 saturated heterocycles. The van der Waals surface area contributed by atoms with Crippen molar-refractivity contribution in [3.63, 3.8) is 0 Å². The second-order valence-corrected chi connectivity index (χ2v) is 5.77. The standard InChI is InChI=1S/C13H22N2O3/c1-9-8-10(11(16)17)4-7-15(9)12(18)13(2)5-3-6-14-13/h9-10,14H,3-8H2,1-2H3,(H,16,17). The molecule has 0 aromatic carbocycles. The number of aliphatic carboxylic acids is 1. The van der Waals surface area contributed by atoms with E-state index >= 15 is 0 Å². The van der Waals surface area contributed by atoms with Crippen LogP contribution >= 0.6 is 0 Å². The molecule has 0 bridgehead atoms. The number of rotatable bonds is 2. The molecular formula is C13H22N2O3. The number of carbonyl (C=O) groups is 2. The highest BCUT2D eigenvalue weighted by molar-refractivity contribution is 5.87. The first-order valence-electron chi connectivity index (χ1n) is 6.73. The molecule has 2 rings (SSSR count). The van der Waals surface area contributed by atoms with Gasteiger partial charge in [-0.15, -0.1) is 0 Å². The van der Waals surface area contributed by atoms with E-state index in [1.54, 1.807) is 0 Å². The normalized spacial score (nSPS) is 36.7. The van der Waals surface area contributed by atoms with Gasteiger partial charge in [0, 0.05) is 12.6 Å². The molecule has 0 radical (unpaired) electrons. The van der Waals surface area contributed by atoms with Gasteiger partial charge in [-0.1, -0.05) is 0 Å². The van der Waals surface area contributed by atoms with Crippen molar-refractivity contribution in [2.24, 2.45) is 5.92 Å². The van der Waals surface area contributed by atoms with Crippen LogP contribution in [0.4, 0.5) is 0 Å². The smallest absolute Gasteiger partial charge is 0.306 e. The summed E-state index contributed by atoms with van der Waals surface area (Å²) in [7, 11) is 0. The van der Waals surface area contributed by atoms with Crippen LogP contribution in [0.5, 0.6) is 0 Å². The number of carboxylic acids is 1. The zero-order valence-corrected chi connectivity index (χ0v) is 11.1. The lowest BCUT2D eigenvalue weighted by molar-refractivity contribution is -0.149. The van der Waals surface area contributed by atoms with E-state index in [1.165, 1.54) is 0 Å². The van der Waals surface area contributed by atoms with Gasteiger partial charge in [0.05, 0.1) is 11.5 Å². The van der Waals surface area contributed by atoms with E-state index in [1.807, 2.05) is 18.7 Å². The van der Waals surface area contributed by atoms with Crippen molar-refractivity contribution in [3.8, 4) is 0 Å². The van der Waals surface area contributed by atoms with Gasteiger partial charge in [-0.05, 0) is 46.1 Å². The number of hydrogen-bond donors (Lipinski definition) is 2. The summed E-state index contributed by atoms with van der Waals surface area (Å²) < 4.78 is 0. The van der Waals surface area contributed by atoms with E-state index in [-0.39, 0.29) is 17.9 Å². The van der Waals surface area contributed by atoms with E-state index in [0.29, 0.717) is 19.4 Å². The summed E-state index contributed by atoms with van der Waals surface area (Å²) in [6.07, 6.45) is 3.04. The van der Waals surface area contributed by atoms with Crippen LogP contribution in [0.25, 0.3) is 0 Å². The minimum atomic E-state index is -0.737. The first kappa shape index (κ1) is 13.3. The summed E-state index contributed by atoms with van der Waals surface area (Å²) in [5.74, 6) is -0.899. The predicted molar refractivity (Wildman–Crippen MR) is 67.2 cm³/mol. The highest BCUT2D eigenvalue weighted by atomic mass is 16.4. The average molecular weight is 254 g/mol. The van der Waals surface area contributed by atoms with Gasteiger partial charge in [-0.2, -0.15) is 0 Å². The van der Waals surface area contributed by atoms with Crippen molar-refractivity contribution in [3.05, 3.63) is 0 Å². The van der Waals surface area contributed by atoms with E-state index in [0.717, 1.165) is 19.4 Å². The zero-order valence-electron chi connectivity index (χ0n) is 11.1. The number of likely N-dealkylation sites (tertiary alicyclic amines) is 1. The Morgan fingerprint density at radius 2 is 2.17 bits per heavy atom. The number of nitrogens with zero attached hydrogens (tertiary/aromatic N) is 1. The van der Waals surface area contributed by atoms with Crippen LogP contribution in [0.1, 0.15) is 39.5 Å². The monoisotopic (exact) mass is 254 g/mol. The first-order chi connectivity index (χ1) is 8.44. The van der Waals surface area contributed by atoms with Crippen LogP contribution in [0, 0.1) is 5.92 Å². The fraction of sp³-hybridized carbons (Fsp3) is 0.846. The SMILES string of the molecule is CC1CC(C(=O)O)CCN1C(=O)C1(C)CCCN1. The van der Waals surface area contributed by atoms with Gasteiger partial charge in [0.25, 0.3) is 0 Å². The maximum Gasteiger partial charge on any atom is 0.306 e. The highest BCUT2D eigenvalue weighted by Gasteiger charge is 2.42. The lowest BCUT2D eigenvalue weighted by Crippen LogP contribution is -2.57. The molecule has 0 aromatic heterocycles. The van der Waals surface area contributed by atoms with Gasteiger partial charge in [-0.25, -0.2) is 0 Å². The highest BCUT2D eigenvalue weighted by Crippen LogP contribution is 2.28. The van der Waals surface area contributed by atoms with Gasteiger partial charge in [-0.3, -0.25) is 9.59 Å². The Bertz CT molecular complexity index is 350. The molecule has 0 aliphatic carbocycles. The molecule has 1 amide bonds. The maximum atomic E-state index is 12.5. The predicted octanol–water partition coefficient (Wildman–Crippen LogP) is 0.840. The molecule has 0 aromatic rings. The summed E-state index contributed by atoms with van der Waals surface area (Å²) >= 11 is 0. The topological polar surface area (TPSA) is 69.6 Å². The van der Waals surface area contributed by atoms with Crippen LogP contribution in [0.2, 0.25) is 0 Å². The molecule has 2 N–H and O–H groups in total. The maximum absolute atomic E-state index is 12.5. The van der Waals surface area contributed by atoms with Crippen LogP contribution in [0.15, 0.2) is 0 Å². The fourth-order valence-corrected chi connectivity index (χ4v) is 3.09. The Kier molecular flexibility index (Phi) is 3.61. The summed E-state index contributed by atoms with van der Waals surface area (Å²) in [5.41, 5.74) is -0.440. The van der Waals surface area contributed by atoms with Crippen LogP contribution in [0.3, 0.4) is 0 Å². The Labute approximate surface area is 108 Å². The molecule has 2 aliphatic rings. The van der Waals surface area contributed by atoms with Gasteiger partial charge < -0.3 is 15.3 Å². The largest absolute Gasteiger partial charge is 0.481 e. The molecule has 2 heterocycles. The molecule has 102 valence electrons. The van der Waals surface area contributed by atoms with Crippen molar-refractivity contribution in [1.82, 2.24) is 10.2 Å². The molecule has 5 nitrogen and oxygen atoms in total. The third kappa shape index (κ3) is 2.36. The lowest BCUT2D eigenvalue weighted by atomic mass is 9.89.